The molecule has 1 fully saturated rings. The second kappa shape index (κ2) is 13.1. The minimum atomic E-state index is -2.43. The Morgan fingerprint density at radius 1 is 0.800 bits per heavy atom. The summed E-state index contributed by atoms with van der Waals surface area (Å²) in [5, 5.41) is 8.03. The molecule has 5 rings (SSSR count). The molecule has 0 saturated carbocycles. The average Bonchev–Trinajstić information content (AvgIpc) is 3.66. The highest BCUT2D eigenvalue weighted by Gasteiger charge is 2.55. The molecular weight excluding hydrogens is 690 g/mol. The van der Waals surface area contributed by atoms with Crippen LogP contribution < -0.4 is 4.84 Å². The highest BCUT2D eigenvalue weighted by atomic mass is 28.4. The van der Waals surface area contributed by atoms with Crippen LogP contribution in [0.5, 0.6) is 5.88 Å². The Morgan fingerprint density at radius 2 is 1.38 bits per heavy atom. The Labute approximate surface area is 298 Å². The molecule has 0 bridgehead atoms. The number of para-hydroxylation sites is 1. The Hall–Kier alpha value is -2.61. The molecule has 50 heavy (non-hydrogen) atoms. The van der Waals surface area contributed by atoms with Crippen molar-refractivity contribution in [3.05, 3.63) is 36.7 Å². The fourth-order valence-electron chi connectivity index (χ4n) is 4.99. The van der Waals surface area contributed by atoms with Crippen LogP contribution in [0.1, 0.15) is 68.5 Å². The molecule has 4 atom stereocenters. The molecule has 4 heterocycles. The predicted molar refractivity (Wildman–Crippen MR) is 200 cm³/mol. The third-order valence-electron chi connectivity index (χ3n) is 11.3. The summed E-state index contributed by atoms with van der Waals surface area (Å²) < 4.78 is 45.3. The maximum atomic E-state index is 15.3. The largest absolute Gasteiger partial charge is 0.414 e. The lowest BCUT2D eigenvalue weighted by Gasteiger charge is -2.44. The van der Waals surface area contributed by atoms with Crippen molar-refractivity contribution in [3.63, 3.8) is 0 Å². The SMILES string of the molecule is CC(C)(C)[Si](C)(C)OC[C@H]1O[C@@H](n2cnc3c(On4nnc5ccccc54)nc(F)nc32)[C@H](O[Si](C)(C)C(C)(C)C)[C@@H]1O[Si](C)(C)C(C)(C)C. The highest BCUT2D eigenvalue weighted by molar-refractivity contribution is 6.75. The van der Waals surface area contributed by atoms with Crippen LogP contribution in [0.3, 0.4) is 0 Å². The van der Waals surface area contributed by atoms with Gasteiger partial charge in [-0.3, -0.25) is 4.57 Å². The molecule has 0 aliphatic carbocycles. The predicted octanol–water partition coefficient (Wildman–Crippen LogP) is 8.25. The monoisotopic (exact) mass is 745 g/mol. The van der Waals surface area contributed by atoms with Gasteiger partial charge in [0.2, 0.25) is 0 Å². The van der Waals surface area contributed by atoms with Crippen LogP contribution in [0.25, 0.3) is 22.2 Å². The number of imidazole rings is 1. The van der Waals surface area contributed by atoms with Crippen molar-refractivity contribution >= 4 is 47.1 Å². The molecule has 276 valence electrons. The van der Waals surface area contributed by atoms with E-state index in [1.54, 1.807) is 23.0 Å². The summed E-state index contributed by atoms with van der Waals surface area (Å²) in [6.45, 7) is 33.7. The molecule has 3 aromatic heterocycles. The van der Waals surface area contributed by atoms with Crippen molar-refractivity contribution < 1.29 is 27.2 Å². The first kappa shape index (κ1) is 38.6. The summed E-state index contributed by atoms with van der Waals surface area (Å²) >= 11 is 0. The Morgan fingerprint density at radius 3 is 1.98 bits per heavy atom. The first-order valence-electron chi connectivity index (χ1n) is 17.4. The maximum absolute atomic E-state index is 15.3. The van der Waals surface area contributed by atoms with Crippen molar-refractivity contribution in [2.24, 2.45) is 0 Å². The van der Waals surface area contributed by atoms with E-state index in [9.17, 15) is 0 Å². The molecule has 0 spiro atoms. The van der Waals surface area contributed by atoms with Gasteiger partial charge in [-0.25, -0.2) is 4.98 Å². The van der Waals surface area contributed by atoms with Gasteiger partial charge in [-0.15, -0.1) is 5.10 Å². The van der Waals surface area contributed by atoms with Gasteiger partial charge in [0.05, 0.1) is 12.9 Å². The molecule has 0 amide bonds. The molecule has 0 unspecified atom stereocenters. The number of hydrogen-bond donors (Lipinski definition) is 0. The summed E-state index contributed by atoms with van der Waals surface area (Å²) in [7, 11) is -6.96. The van der Waals surface area contributed by atoms with E-state index in [0.29, 0.717) is 17.6 Å². The average molecular weight is 746 g/mol. The van der Waals surface area contributed by atoms with Gasteiger partial charge in [0, 0.05) is 0 Å². The number of halogens is 1. The van der Waals surface area contributed by atoms with Gasteiger partial charge in [-0.05, 0) is 71.7 Å². The van der Waals surface area contributed by atoms with Crippen LogP contribution >= 0.6 is 0 Å². The minimum Gasteiger partial charge on any atom is -0.414 e. The summed E-state index contributed by atoms with van der Waals surface area (Å²) in [6.07, 6.45) is -1.67. The van der Waals surface area contributed by atoms with Crippen LogP contribution in [0.4, 0.5) is 4.39 Å². The van der Waals surface area contributed by atoms with Gasteiger partial charge < -0.3 is 22.9 Å². The summed E-state index contributed by atoms with van der Waals surface area (Å²) in [5.74, 6) is -0.103. The molecule has 12 nitrogen and oxygen atoms in total. The maximum Gasteiger partial charge on any atom is 0.314 e. The highest BCUT2D eigenvalue weighted by Crippen LogP contribution is 2.47. The summed E-state index contributed by atoms with van der Waals surface area (Å²) in [6, 6.07) is 7.29. The van der Waals surface area contributed by atoms with Crippen molar-refractivity contribution in [2.45, 2.75) is 141 Å². The van der Waals surface area contributed by atoms with E-state index in [1.165, 1.54) is 4.85 Å². The molecule has 1 aromatic carbocycles. The number of hydrogen-bond acceptors (Lipinski definition) is 10. The topological polar surface area (TPSA) is 120 Å². The normalized spacial score (nSPS) is 21.4. The second-order valence-corrected chi connectivity index (χ2v) is 32.3. The molecule has 1 aliphatic heterocycles. The third kappa shape index (κ3) is 7.47. The lowest BCUT2D eigenvalue weighted by molar-refractivity contribution is -0.0471. The van der Waals surface area contributed by atoms with Crippen LogP contribution in [-0.2, 0) is 18.0 Å². The fraction of sp³-hybridized carbons (Fsp3) is 0.676. The fourth-order valence-corrected chi connectivity index (χ4v) is 8.61. The zero-order valence-corrected chi connectivity index (χ0v) is 35.5. The smallest absolute Gasteiger partial charge is 0.314 e. The van der Waals surface area contributed by atoms with E-state index >= 15 is 4.39 Å². The molecule has 1 saturated heterocycles. The van der Waals surface area contributed by atoms with Gasteiger partial charge in [0.1, 0.15) is 29.3 Å². The molecule has 16 heteroatoms. The van der Waals surface area contributed by atoms with Gasteiger partial charge in [-0.2, -0.15) is 14.4 Å². The van der Waals surface area contributed by atoms with Crippen LogP contribution in [0.2, 0.25) is 54.4 Å². The van der Waals surface area contributed by atoms with E-state index in [4.69, 9.17) is 22.9 Å². The van der Waals surface area contributed by atoms with Gasteiger partial charge in [-0.1, -0.05) is 79.3 Å². The quantitative estimate of drug-likeness (QED) is 0.116. The van der Waals surface area contributed by atoms with E-state index in [-0.39, 0.29) is 32.2 Å². The van der Waals surface area contributed by atoms with E-state index in [1.807, 2.05) is 12.1 Å². The third-order valence-corrected chi connectivity index (χ3v) is 24.8. The van der Waals surface area contributed by atoms with Gasteiger partial charge >= 0.3 is 6.08 Å². The van der Waals surface area contributed by atoms with E-state index < -0.39 is 55.6 Å². The zero-order valence-electron chi connectivity index (χ0n) is 32.5. The van der Waals surface area contributed by atoms with Gasteiger partial charge in [0.25, 0.3) is 5.88 Å². The standard InChI is InChI=1S/C34H56FN7O5Si3/c1-32(2,3)48(10,11)43-20-24-26(46-49(12,13)33(4,5)6)27(47-50(14,15)34(7,8)9)30(44-24)41-21-36-25-28(41)37-31(35)38-29(25)45-42-23-19-17-16-18-22(23)39-40-42/h16-19,21,24,26-27,30H,20H2,1-15H3/t24-,26-,27-,30-/m1/s1. The Balaban J connectivity index is 1.62. The molecule has 0 N–H and O–H groups in total. The number of rotatable bonds is 10. The van der Waals surface area contributed by atoms with Crippen molar-refractivity contribution in [2.75, 3.05) is 6.61 Å². The molecule has 0 radical (unpaired) electrons. The molecule has 4 aromatic rings. The first-order chi connectivity index (χ1) is 22.8. The summed E-state index contributed by atoms with van der Waals surface area (Å²) in [4.78, 5) is 20.0. The van der Waals surface area contributed by atoms with Crippen molar-refractivity contribution in [1.29, 1.82) is 0 Å². The van der Waals surface area contributed by atoms with Crippen LogP contribution in [-0.4, -0.2) is 84.5 Å². The number of fused-ring (bicyclic) bond motifs is 2. The van der Waals surface area contributed by atoms with E-state index in [2.05, 4.69) is 127 Å². The second-order valence-electron chi connectivity index (χ2n) is 18.0. The zero-order chi connectivity index (χ0) is 37.2. The number of ether oxygens (including phenoxy) is 1. The van der Waals surface area contributed by atoms with Crippen LogP contribution in [0.15, 0.2) is 30.6 Å². The Kier molecular flexibility index (Phi) is 10.1. The van der Waals surface area contributed by atoms with Crippen molar-refractivity contribution in [1.82, 2.24) is 34.7 Å². The number of nitrogens with zero attached hydrogens (tertiary/aromatic N) is 7. The number of aromatic nitrogens is 7. The Bertz CT molecular complexity index is 1830. The lowest BCUT2D eigenvalue weighted by atomic mass is 10.1. The van der Waals surface area contributed by atoms with E-state index in [0.717, 1.165) is 0 Å². The summed E-state index contributed by atoms with van der Waals surface area (Å²) in [5.41, 5.74) is 1.65. The number of benzene rings is 1. The molecule has 1 aliphatic rings. The van der Waals surface area contributed by atoms with Crippen molar-refractivity contribution in [3.8, 4) is 5.88 Å². The molecular formula is C34H56FN7O5Si3. The van der Waals surface area contributed by atoms with Gasteiger partial charge in [0.15, 0.2) is 42.3 Å². The first-order valence-corrected chi connectivity index (χ1v) is 26.1. The van der Waals surface area contributed by atoms with Crippen LogP contribution in [0, 0.1) is 6.08 Å². The lowest BCUT2D eigenvalue weighted by Crippen LogP contribution is -2.54. The minimum absolute atomic E-state index is 0.00134.